The SMILES string of the molecule is CN(C)CCN(Cc1ccco1)C(=S)NC1CC(C)(C)NC(C)(C)C1. The van der Waals surface area contributed by atoms with Crippen LogP contribution in [-0.2, 0) is 6.54 Å². The Morgan fingerprint density at radius 2 is 1.88 bits per heavy atom. The monoisotopic (exact) mass is 366 g/mol. The van der Waals surface area contributed by atoms with Crippen molar-refractivity contribution in [3.63, 3.8) is 0 Å². The molecule has 1 saturated heterocycles. The summed E-state index contributed by atoms with van der Waals surface area (Å²) in [5.41, 5.74) is 0.203. The highest BCUT2D eigenvalue weighted by Crippen LogP contribution is 2.28. The topological polar surface area (TPSA) is 43.7 Å². The first kappa shape index (κ1) is 20.2. The van der Waals surface area contributed by atoms with Crippen LogP contribution in [0.1, 0.15) is 46.3 Å². The van der Waals surface area contributed by atoms with Gasteiger partial charge in [0.1, 0.15) is 5.76 Å². The Kier molecular flexibility index (Phi) is 6.51. The van der Waals surface area contributed by atoms with Gasteiger partial charge in [0, 0.05) is 30.2 Å². The molecule has 0 atom stereocenters. The van der Waals surface area contributed by atoms with Crippen LogP contribution in [0.4, 0.5) is 0 Å². The van der Waals surface area contributed by atoms with Gasteiger partial charge in [-0.1, -0.05) is 0 Å². The third kappa shape index (κ3) is 6.60. The summed E-state index contributed by atoms with van der Waals surface area (Å²) in [5.74, 6) is 0.939. The van der Waals surface area contributed by atoms with Gasteiger partial charge in [-0.2, -0.15) is 0 Å². The second-order valence-electron chi connectivity index (χ2n) is 8.75. The maximum Gasteiger partial charge on any atom is 0.169 e. The van der Waals surface area contributed by atoms with Crippen LogP contribution in [0.5, 0.6) is 0 Å². The van der Waals surface area contributed by atoms with E-state index in [2.05, 4.69) is 62.2 Å². The Bertz CT molecular complexity index is 538. The van der Waals surface area contributed by atoms with Crippen LogP contribution in [0, 0.1) is 0 Å². The molecule has 142 valence electrons. The van der Waals surface area contributed by atoms with Crippen molar-refractivity contribution in [2.24, 2.45) is 0 Å². The lowest BCUT2D eigenvalue weighted by molar-refractivity contribution is 0.153. The van der Waals surface area contributed by atoms with E-state index in [9.17, 15) is 0 Å². The van der Waals surface area contributed by atoms with Crippen molar-refractivity contribution in [1.82, 2.24) is 20.4 Å². The van der Waals surface area contributed by atoms with Gasteiger partial charge in [0.2, 0.25) is 0 Å². The second kappa shape index (κ2) is 8.06. The molecule has 2 heterocycles. The van der Waals surface area contributed by atoms with Gasteiger partial charge >= 0.3 is 0 Å². The predicted molar refractivity (Wildman–Crippen MR) is 108 cm³/mol. The molecular weight excluding hydrogens is 332 g/mol. The Balaban J connectivity index is 2.02. The Morgan fingerprint density at radius 1 is 1.24 bits per heavy atom. The fraction of sp³-hybridized carbons (Fsp3) is 0.737. The van der Waals surface area contributed by atoms with E-state index >= 15 is 0 Å². The number of nitrogens with one attached hydrogen (secondary N) is 2. The molecule has 0 radical (unpaired) electrons. The number of hydrogen-bond donors (Lipinski definition) is 2. The smallest absolute Gasteiger partial charge is 0.169 e. The van der Waals surface area contributed by atoms with Gasteiger partial charge in [0.15, 0.2) is 5.11 Å². The molecule has 2 N–H and O–H groups in total. The molecule has 1 aromatic rings. The molecule has 0 unspecified atom stereocenters. The Labute approximate surface area is 158 Å². The molecule has 1 aliphatic heterocycles. The molecule has 2 rings (SSSR count). The van der Waals surface area contributed by atoms with E-state index in [0.29, 0.717) is 12.6 Å². The fourth-order valence-electron chi connectivity index (χ4n) is 3.85. The van der Waals surface area contributed by atoms with E-state index < -0.39 is 0 Å². The average Bonchev–Trinajstić information content (AvgIpc) is 2.92. The number of furan rings is 1. The fourth-order valence-corrected chi connectivity index (χ4v) is 4.18. The lowest BCUT2D eigenvalue weighted by atomic mass is 9.80. The van der Waals surface area contributed by atoms with Crippen LogP contribution >= 0.6 is 12.2 Å². The van der Waals surface area contributed by atoms with Crippen LogP contribution < -0.4 is 10.6 Å². The lowest BCUT2D eigenvalue weighted by Crippen LogP contribution is -2.63. The maximum absolute atomic E-state index is 5.77. The van der Waals surface area contributed by atoms with Crippen LogP contribution in [0.25, 0.3) is 0 Å². The molecule has 1 aromatic heterocycles. The van der Waals surface area contributed by atoms with Crippen molar-refractivity contribution in [2.45, 2.75) is 64.2 Å². The van der Waals surface area contributed by atoms with Gasteiger partial charge in [-0.25, -0.2) is 0 Å². The normalized spacial score (nSPS) is 19.8. The second-order valence-corrected chi connectivity index (χ2v) is 9.14. The molecule has 5 nitrogen and oxygen atoms in total. The molecule has 6 heteroatoms. The third-order valence-electron chi connectivity index (χ3n) is 4.55. The molecule has 25 heavy (non-hydrogen) atoms. The van der Waals surface area contributed by atoms with Gasteiger partial charge in [-0.15, -0.1) is 0 Å². The minimum absolute atomic E-state index is 0.102. The van der Waals surface area contributed by atoms with E-state index in [1.165, 1.54) is 0 Å². The molecule has 0 aromatic carbocycles. The van der Waals surface area contributed by atoms with Gasteiger partial charge < -0.3 is 24.9 Å². The highest BCUT2D eigenvalue weighted by atomic mass is 32.1. The van der Waals surface area contributed by atoms with Gasteiger partial charge in [-0.05, 0) is 79.0 Å². The summed E-state index contributed by atoms with van der Waals surface area (Å²) in [7, 11) is 4.17. The van der Waals surface area contributed by atoms with Crippen LogP contribution in [0.3, 0.4) is 0 Å². The van der Waals surface area contributed by atoms with E-state index in [4.69, 9.17) is 16.6 Å². The highest BCUT2D eigenvalue weighted by Gasteiger charge is 2.38. The third-order valence-corrected chi connectivity index (χ3v) is 4.92. The van der Waals surface area contributed by atoms with Crippen molar-refractivity contribution in [3.05, 3.63) is 24.2 Å². The molecule has 0 aliphatic carbocycles. The summed E-state index contributed by atoms with van der Waals surface area (Å²) in [4.78, 5) is 4.38. The minimum Gasteiger partial charge on any atom is -0.467 e. The molecule has 1 aliphatic rings. The summed E-state index contributed by atoms with van der Waals surface area (Å²) < 4.78 is 5.52. The van der Waals surface area contributed by atoms with Crippen molar-refractivity contribution in [1.29, 1.82) is 0 Å². The zero-order valence-electron chi connectivity index (χ0n) is 16.6. The summed E-state index contributed by atoms with van der Waals surface area (Å²) in [5, 5.41) is 8.16. The molecule has 0 spiro atoms. The number of piperidine rings is 1. The van der Waals surface area contributed by atoms with Gasteiger partial charge in [0.25, 0.3) is 0 Å². The molecule has 1 fully saturated rings. The van der Waals surface area contributed by atoms with Gasteiger partial charge in [-0.3, -0.25) is 0 Å². The highest BCUT2D eigenvalue weighted by molar-refractivity contribution is 7.80. The Morgan fingerprint density at radius 3 is 2.40 bits per heavy atom. The van der Waals surface area contributed by atoms with Crippen molar-refractivity contribution >= 4 is 17.3 Å². The maximum atomic E-state index is 5.77. The summed E-state index contributed by atoms with van der Waals surface area (Å²) in [6, 6.07) is 4.30. The minimum atomic E-state index is 0.102. The quantitative estimate of drug-likeness (QED) is 0.755. The van der Waals surface area contributed by atoms with Crippen LogP contribution in [0.15, 0.2) is 22.8 Å². The molecule has 0 saturated carbocycles. The number of thiocarbonyl (C=S) groups is 1. The number of hydrogen-bond acceptors (Lipinski definition) is 4. The Hall–Kier alpha value is -1.11. The van der Waals surface area contributed by atoms with Crippen molar-refractivity contribution in [3.8, 4) is 0 Å². The molecule has 0 amide bonds. The first-order valence-corrected chi connectivity index (χ1v) is 9.49. The number of rotatable bonds is 6. The zero-order valence-corrected chi connectivity index (χ0v) is 17.4. The largest absolute Gasteiger partial charge is 0.467 e. The zero-order chi connectivity index (χ0) is 18.7. The first-order chi connectivity index (χ1) is 11.6. The van der Waals surface area contributed by atoms with E-state index in [1.54, 1.807) is 6.26 Å². The predicted octanol–water partition coefficient (Wildman–Crippen LogP) is 2.83. The summed E-state index contributed by atoms with van der Waals surface area (Å²) >= 11 is 5.77. The van der Waals surface area contributed by atoms with E-state index in [1.807, 2.05) is 12.1 Å². The number of nitrogens with zero attached hydrogens (tertiary/aromatic N) is 2. The summed E-state index contributed by atoms with van der Waals surface area (Å²) in [6.45, 7) is 11.6. The summed E-state index contributed by atoms with van der Waals surface area (Å²) in [6.07, 6.45) is 3.82. The first-order valence-electron chi connectivity index (χ1n) is 9.08. The average molecular weight is 367 g/mol. The lowest BCUT2D eigenvalue weighted by Gasteiger charge is -2.47. The van der Waals surface area contributed by atoms with Crippen LogP contribution in [0.2, 0.25) is 0 Å². The van der Waals surface area contributed by atoms with Gasteiger partial charge in [0.05, 0.1) is 12.8 Å². The van der Waals surface area contributed by atoms with Crippen LogP contribution in [-0.4, -0.2) is 59.2 Å². The van der Waals surface area contributed by atoms with E-state index in [0.717, 1.165) is 36.8 Å². The molecular formula is C19H34N4OS. The van der Waals surface area contributed by atoms with Crippen molar-refractivity contribution in [2.75, 3.05) is 27.2 Å². The molecule has 0 bridgehead atoms. The number of likely N-dealkylation sites (N-methyl/N-ethyl adjacent to an activating group) is 1. The standard InChI is InChI=1S/C19H34N4OS/c1-18(2)12-15(13-19(3,4)21-18)20-17(25)23(10-9-22(5)6)14-16-8-7-11-24-16/h7-8,11,15,21H,9-10,12-14H2,1-6H3,(H,20,25). The van der Waals surface area contributed by atoms with E-state index in [-0.39, 0.29) is 11.1 Å². The van der Waals surface area contributed by atoms with Crippen molar-refractivity contribution < 1.29 is 4.42 Å².